The second-order valence-electron chi connectivity index (χ2n) is 3.42. The van der Waals surface area contributed by atoms with Gasteiger partial charge >= 0.3 is 0 Å². The first-order valence-corrected chi connectivity index (χ1v) is 4.77. The van der Waals surface area contributed by atoms with Crippen LogP contribution >= 0.6 is 0 Å². The Kier molecular flexibility index (Phi) is 2.82. The first-order chi connectivity index (χ1) is 7.29. The SMILES string of the molecule is Nc1ccc(N=O)c(O[C@H]2CCOC2)c1. The molecule has 0 aliphatic carbocycles. The minimum absolute atomic E-state index is 0.00713. The number of nitrogens with two attached hydrogens (primary N) is 1. The van der Waals surface area contributed by atoms with Gasteiger partial charge in [-0.1, -0.05) is 0 Å². The fourth-order valence-corrected chi connectivity index (χ4v) is 1.49. The van der Waals surface area contributed by atoms with Crippen LogP contribution < -0.4 is 10.5 Å². The van der Waals surface area contributed by atoms with E-state index in [1.54, 1.807) is 18.2 Å². The number of ether oxygens (including phenoxy) is 2. The highest BCUT2D eigenvalue weighted by atomic mass is 16.5. The number of hydrogen-bond donors (Lipinski definition) is 1. The molecule has 2 rings (SSSR count). The van der Waals surface area contributed by atoms with Crippen LogP contribution in [0.1, 0.15) is 6.42 Å². The van der Waals surface area contributed by atoms with E-state index in [0.29, 0.717) is 24.7 Å². The quantitative estimate of drug-likeness (QED) is 0.607. The molecule has 0 unspecified atom stereocenters. The Hall–Kier alpha value is -1.62. The summed E-state index contributed by atoms with van der Waals surface area (Å²) < 4.78 is 10.7. The molecule has 1 heterocycles. The predicted octanol–water partition coefficient (Wildman–Crippen LogP) is 1.83. The maximum absolute atomic E-state index is 10.5. The lowest BCUT2D eigenvalue weighted by Crippen LogP contribution is -2.15. The van der Waals surface area contributed by atoms with Crippen LogP contribution in [-0.4, -0.2) is 19.3 Å². The van der Waals surface area contributed by atoms with Gasteiger partial charge in [0.15, 0.2) is 5.75 Å². The molecule has 1 aromatic carbocycles. The molecule has 1 aliphatic heterocycles. The molecular formula is C10H12N2O3. The number of benzene rings is 1. The fourth-order valence-electron chi connectivity index (χ4n) is 1.49. The lowest BCUT2D eigenvalue weighted by molar-refractivity contribution is 0.142. The van der Waals surface area contributed by atoms with Crippen molar-refractivity contribution in [3.05, 3.63) is 23.1 Å². The Bertz CT molecular complexity index is 362. The van der Waals surface area contributed by atoms with Gasteiger partial charge < -0.3 is 15.2 Å². The Morgan fingerprint density at radius 2 is 2.40 bits per heavy atom. The number of anilines is 1. The molecular weight excluding hydrogens is 196 g/mol. The Balaban J connectivity index is 2.17. The van der Waals surface area contributed by atoms with Crippen molar-refractivity contribution in [3.63, 3.8) is 0 Å². The summed E-state index contributed by atoms with van der Waals surface area (Å²) in [5, 5.41) is 2.88. The zero-order valence-corrected chi connectivity index (χ0v) is 8.18. The molecule has 1 fully saturated rings. The summed E-state index contributed by atoms with van der Waals surface area (Å²) in [6, 6.07) is 4.78. The van der Waals surface area contributed by atoms with Crippen LogP contribution in [0.2, 0.25) is 0 Å². The normalized spacial score (nSPS) is 20.1. The van der Waals surface area contributed by atoms with Crippen molar-refractivity contribution >= 4 is 11.4 Å². The topological polar surface area (TPSA) is 73.9 Å². The van der Waals surface area contributed by atoms with Gasteiger partial charge in [-0.05, 0) is 17.3 Å². The van der Waals surface area contributed by atoms with Gasteiger partial charge in [-0.2, -0.15) is 0 Å². The molecule has 1 saturated heterocycles. The summed E-state index contributed by atoms with van der Waals surface area (Å²) in [6.45, 7) is 1.24. The van der Waals surface area contributed by atoms with Crippen molar-refractivity contribution in [2.45, 2.75) is 12.5 Å². The van der Waals surface area contributed by atoms with Crippen molar-refractivity contribution < 1.29 is 9.47 Å². The molecule has 1 aliphatic rings. The predicted molar refractivity (Wildman–Crippen MR) is 56.2 cm³/mol. The van der Waals surface area contributed by atoms with Gasteiger partial charge in [0.05, 0.1) is 13.2 Å². The summed E-state index contributed by atoms with van der Waals surface area (Å²) in [5.74, 6) is 0.431. The summed E-state index contributed by atoms with van der Waals surface area (Å²) in [6.07, 6.45) is 0.819. The Morgan fingerprint density at radius 1 is 1.53 bits per heavy atom. The Labute approximate surface area is 87.1 Å². The third kappa shape index (κ3) is 2.24. The minimum Gasteiger partial charge on any atom is -0.485 e. The van der Waals surface area contributed by atoms with Crippen LogP contribution in [0.5, 0.6) is 5.75 Å². The van der Waals surface area contributed by atoms with Gasteiger partial charge in [-0.15, -0.1) is 4.91 Å². The molecule has 0 radical (unpaired) electrons. The first-order valence-electron chi connectivity index (χ1n) is 4.77. The molecule has 5 heteroatoms. The van der Waals surface area contributed by atoms with Crippen LogP contribution in [0.3, 0.4) is 0 Å². The van der Waals surface area contributed by atoms with E-state index >= 15 is 0 Å². The molecule has 0 bridgehead atoms. The molecule has 0 spiro atoms. The van der Waals surface area contributed by atoms with E-state index in [1.807, 2.05) is 0 Å². The van der Waals surface area contributed by atoms with Gasteiger partial charge in [0.1, 0.15) is 11.8 Å². The van der Waals surface area contributed by atoms with Crippen molar-refractivity contribution in [3.8, 4) is 5.75 Å². The van der Waals surface area contributed by atoms with Gasteiger partial charge in [0.2, 0.25) is 0 Å². The number of nitrogens with zero attached hydrogens (tertiary/aromatic N) is 1. The van der Waals surface area contributed by atoms with Crippen molar-refractivity contribution in [1.29, 1.82) is 0 Å². The van der Waals surface area contributed by atoms with E-state index in [4.69, 9.17) is 15.2 Å². The maximum atomic E-state index is 10.5. The standard InChI is InChI=1S/C10H12N2O3/c11-7-1-2-9(12-13)10(5-7)15-8-3-4-14-6-8/h1-2,5,8H,3-4,6,11H2/t8-/m0/s1. The molecule has 2 N–H and O–H groups in total. The van der Waals surface area contributed by atoms with E-state index in [9.17, 15) is 4.91 Å². The zero-order valence-electron chi connectivity index (χ0n) is 8.18. The number of hydrogen-bond acceptors (Lipinski definition) is 5. The summed E-state index contributed by atoms with van der Waals surface area (Å²) >= 11 is 0. The molecule has 80 valence electrons. The third-order valence-corrected chi connectivity index (χ3v) is 2.26. The molecule has 1 atom stereocenters. The van der Waals surface area contributed by atoms with Gasteiger partial charge in [0.25, 0.3) is 0 Å². The highest BCUT2D eigenvalue weighted by molar-refractivity contribution is 5.59. The molecule has 0 amide bonds. The first kappa shape index (κ1) is 9.92. The fraction of sp³-hybridized carbons (Fsp3) is 0.400. The second-order valence-corrected chi connectivity index (χ2v) is 3.42. The Morgan fingerprint density at radius 3 is 3.07 bits per heavy atom. The van der Waals surface area contributed by atoms with Crippen LogP contribution in [0.15, 0.2) is 23.4 Å². The molecule has 15 heavy (non-hydrogen) atoms. The van der Waals surface area contributed by atoms with Crippen molar-refractivity contribution in [2.24, 2.45) is 5.18 Å². The van der Waals surface area contributed by atoms with Crippen molar-refractivity contribution in [2.75, 3.05) is 18.9 Å². The van der Waals surface area contributed by atoms with Gasteiger partial charge in [-0.25, -0.2) is 0 Å². The second kappa shape index (κ2) is 4.27. The van der Waals surface area contributed by atoms with Crippen LogP contribution in [-0.2, 0) is 4.74 Å². The maximum Gasteiger partial charge on any atom is 0.151 e. The molecule has 0 saturated carbocycles. The molecule has 5 nitrogen and oxygen atoms in total. The van der Waals surface area contributed by atoms with E-state index < -0.39 is 0 Å². The number of rotatable bonds is 3. The molecule has 0 aromatic heterocycles. The third-order valence-electron chi connectivity index (χ3n) is 2.26. The van der Waals surface area contributed by atoms with E-state index in [2.05, 4.69) is 5.18 Å². The van der Waals surface area contributed by atoms with E-state index in [0.717, 1.165) is 6.42 Å². The average Bonchev–Trinajstić information content (AvgIpc) is 2.71. The van der Waals surface area contributed by atoms with Crippen molar-refractivity contribution in [1.82, 2.24) is 0 Å². The minimum atomic E-state index is -0.00713. The van der Waals surface area contributed by atoms with E-state index in [-0.39, 0.29) is 11.8 Å². The number of nitroso groups, excluding NO2 is 1. The largest absolute Gasteiger partial charge is 0.485 e. The summed E-state index contributed by atoms with van der Waals surface area (Å²) in [5.41, 5.74) is 6.43. The van der Waals surface area contributed by atoms with E-state index in [1.165, 1.54) is 0 Å². The van der Waals surface area contributed by atoms with Crippen LogP contribution in [0, 0.1) is 4.91 Å². The van der Waals surface area contributed by atoms with Gasteiger partial charge in [-0.3, -0.25) is 0 Å². The lowest BCUT2D eigenvalue weighted by atomic mass is 10.2. The number of nitrogen functional groups attached to an aromatic ring is 1. The summed E-state index contributed by atoms with van der Waals surface area (Å²) in [4.78, 5) is 10.5. The lowest BCUT2D eigenvalue weighted by Gasteiger charge is -2.12. The summed E-state index contributed by atoms with van der Waals surface area (Å²) in [7, 11) is 0. The smallest absolute Gasteiger partial charge is 0.151 e. The highest BCUT2D eigenvalue weighted by Gasteiger charge is 2.18. The average molecular weight is 208 g/mol. The van der Waals surface area contributed by atoms with Crippen LogP contribution in [0.4, 0.5) is 11.4 Å². The highest BCUT2D eigenvalue weighted by Crippen LogP contribution is 2.31. The van der Waals surface area contributed by atoms with Crippen LogP contribution in [0.25, 0.3) is 0 Å². The molecule has 1 aromatic rings. The van der Waals surface area contributed by atoms with Gasteiger partial charge in [0, 0.05) is 18.2 Å². The zero-order chi connectivity index (χ0) is 10.7. The monoisotopic (exact) mass is 208 g/mol.